The number of rotatable bonds is 7. The Morgan fingerprint density at radius 3 is 1.88 bits per heavy atom. The van der Waals surface area contributed by atoms with Crippen LogP contribution in [0.25, 0.3) is 0 Å². The second kappa shape index (κ2) is 9.55. The number of carbonyl (C=O) groups is 2. The summed E-state index contributed by atoms with van der Waals surface area (Å²) >= 11 is 0. The molecule has 0 fully saturated rings. The second-order valence-corrected chi connectivity index (χ2v) is 8.25. The van der Waals surface area contributed by atoms with Crippen LogP contribution in [0.5, 0.6) is 0 Å². The van der Waals surface area contributed by atoms with Crippen LogP contribution in [-0.4, -0.2) is 31.1 Å². The van der Waals surface area contributed by atoms with E-state index in [1.54, 1.807) is 6.07 Å². The molecule has 1 atom stereocenters. The molecule has 33 heavy (non-hydrogen) atoms. The van der Waals surface area contributed by atoms with E-state index < -0.39 is 29.2 Å². The van der Waals surface area contributed by atoms with Crippen LogP contribution < -0.4 is 0 Å². The molecule has 0 N–H and O–H groups in total. The van der Waals surface area contributed by atoms with Crippen LogP contribution in [0, 0.1) is 11.2 Å². The average molecular weight is 448 g/mol. The van der Waals surface area contributed by atoms with Crippen LogP contribution >= 0.6 is 0 Å². The van der Waals surface area contributed by atoms with Gasteiger partial charge in [-0.15, -0.1) is 0 Å². The van der Waals surface area contributed by atoms with E-state index in [1.807, 2.05) is 60.7 Å². The number of ether oxygens (including phenoxy) is 2. The summed E-state index contributed by atoms with van der Waals surface area (Å²) < 4.78 is 24.4. The summed E-state index contributed by atoms with van der Waals surface area (Å²) in [5, 5.41) is 0. The van der Waals surface area contributed by atoms with Gasteiger partial charge in [0.25, 0.3) is 0 Å². The molecule has 0 aliphatic heterocycles. The van der Waals surface area contributed by atoms with Crippen LogP contribution in [0.3, 0.4) is 0 Å². The minimum atomic E-state index is -1.65. The summed E-state index contributed by atoms with van der Waals surface area (Å²) in [6, 6.07) is 23.4. The Hall–Kier alpha value is -3.51. The number of hydrogen-bond acceptors (Lipinski definition) is 5. The summed E-state index contributed by atoms with van der Waals surface area (Å²) in [6.07, 6.45) is 0.00415. The van der Waals surface area contributed by atoms with Gasteiger partial charge in [-0.05, 0) is 34.4 Å². The van der Waals surface area contributed by atoms with E-state index in [0.29, 0.717) is 18.7 Å². The number of methoxy groups -OCH3 is 2. The monoisotopic (exact) mass is 447 g/mol. The standard InChI is InChI=1S/C27H26FNO4/c1-32-25(30)27(26(31)33-2)16-21-15-22(28)13-14-23(21)24(27)29(17-19-9-5-3-6-10-19)18-20-11-7-4-8-12-20/h3-15,24H,16-18H2,1-2H3. The number of carbonyl (C=O) groups excluding carboxylic acids is 2. The van der Waals surface area contributed by atoms with Crippen LogP contribution in [0.2, 0.25) is 0 Å². The highest BCUT2D eigenvalue weighted by atomic mass is 19.1. The van der Waals surface area contributed by atoms with Gasteiger partial charge in [-0.2, -0.15) is 0 Å². The lowest BCUT2D eigenvalue weighted by atomic mass is 9.79. The molecule has 4 rings (SSSR count). The fraction of sp³-hybridized carbons (Fsp3) is 0.259. The second-order valence-electron chi connectivity index (χ2n) is 8.25. The number of esters is 2. The van der Waals surface area contributed by atoms with Crippen LogP contribution in [-0.2, 0) is 38.6 Å². The first kappa shape index (κ1) is 22.7. The molecule has 6 heteroatoms. The SMILES string of the molecule is COC(=O)C1(C(=O)OC)Cc2cc(F)ccc2C1N(Cc1ccccc1)Cc1ccccc1. The van der Waals surface area contributed by atoms with Gasteiger partial charge in [0, 0.05) is 19.5 Å². The van der Waals surface area contributed by atoms with Gasteiger partial charge in [-0.3, -0.25) is 14.5 Å². The predicted molar refractivity (Wildman–Crippen MR) is 121 cm³/mol. The topological polar surface area (TPSA) is 55.8 Å². The molecule has 1 aliphatic rings. The van der Waals surface area contributed by atoms with Crippen molar-refractivity contribution >= 4 is 11.9 Å². The van der Waals surface area contributed by atoms with Crippen molar-refractivity contribution in [1.29, 1.82) is 0 Å². The third-order valence-corrected chi connectivity index (χ3v) is 6.26. The third kappa shape index (κ3) is 4.26. The Labute approximate surface area is 192 Å². The highest BCUT2D eigenvalue weighted by molar-refractivity contribution is 6.02. The van der Waals surface area contributed by atoms with E-state index in [1.165, 1.54) is 26.4 Å². The molecule has 0 bridgehead atoms. The Morgan fingerprint density at radius 2 is 1.39 bits per heavy atom. The molecular weight excluding hydrogens is 421 g/mol. The summed E-state index contributed by atoms with van der Waals surface area (Å²) in [4.78, 5) is 28.6. The van der Waals surface area contributed by atoms with Crippen LogP contribution in [0.15, 0.2) is 78.9 Å². The summed E-state index contributed by atoms with van der Waals surface area (Å²) in [5.41, 5.74) is 1.71. The fourth-order valence-electron chi connectivity index (χ4n) is 4.85. The van der Waals surface area contributed by atoms with Gasteiger partial charge in [0.1, 0.15) is 5.82 Å². The number of hydrogen-bond donors (Lipinski definition) is 0. The van der Waals surface area contributed by atoms with Gasteiger partial charge in [0.2, 0.25) is 0 Å². The summed E-state index contributed by atoms with van der Waals surface area (Å²) in [7, 11) is 2.51. The number of halogens is 1. The van der Waals surface area contributed by atoms with Crippen molar-refractivity contribution in [3.8, 4) is 0 Å². The zero-order valence-corrected chi connectivity index (χ0v) is 18.7. The van der Waals surface area contributed by atoms with E-state index in [4.69, 9.17) is 9.47 Å². The maximum absolute atomic E-state index is 14.2. The van der Waals surface area contributed by atoms with Gasteiger partial charge < -0.3 is 9.47 Å². The lowest BCUT2D eigenvalue weighted by Gasteiger charge is -2.38. The Morgan fingerprint density at radius 1 is 0.879 bits per heavy atom. The lowest BCUT2D eigenvalue weighted by molar-refractivity contribution is -0.175. The highest BCUT2D eigenvalue weighted by Crippen LogP contribution is 2.51. The minimum absolute atomic E-state index is 0.00415. The summed E-state index contributed by atoms with van der Waals surface area (Å²) in [6.45, 7) is 0.930. The maximum atomic E-state index is 14.2. The molecule has 3 aromatic carbocycles. The van der Waals surface area contributed by atoms with Crippen molar-refractivity contribution in [2.75, 3.05) is 14.2 Å². The van der Waals surface area contributed by atoms with Gasteiger partial charge in [0.15, 0.2) is 5.41 Å². The van der Waals surface area contributed by atoms with E-state index in [0.717, 1.165) is 16.7 Å². The maximum Gasteiger partial charge on any atom is 0.325 e. The average Bonchev–Trinajstić information content (AvgIpc) is 3.19. The van der Waals surface area contributed by atoms with Gasteiger partial charge in [0.05, 0.1) is 20.3 Å². The quantitative estimate of drug-likeness (QED) is 0.396. The molecular formula is C27H26FNO4. The summed E-state index contributed by atoms with van der Waals surface area (Å²) in [5.74, 6) is -1.81. The normalized spacial score (nSPS) is 16.3. The number of benzene rings is 3. The van der Waals surface area contributed by atoms with E-state index in [2.05, 4.69) is 4.90 Å². The molecule has 0 radical (unpaired) electrons. The minimum Gasteiger partial charge on any atom is -0.468 e. The fourth-order valence-corrected chi connectivity index (χ4v) is 4.85. The first-order valence-corrected chi connectivity index (χ1v) is 10.8. The molecule has 0 saturated heterocycles. The first-order valence-electron chi connectivity index (χ1n) is 10.8. The van der Waals surface area contributed by atoms with Crippen molar-refractivity contribution in [3.05, 3.63) is 107 Å². The molecule has 0 aromatic heterocycles. The molecule has 0 saturated carbocycles. The number of fused-ring (bicyclic) bond motifs is 1. The molecule has 0 amide bonds. The lowest BCUT2D eigenvalue weighted by Crippen LogP contribution is -2.50. The molecule has 3 aromatic rings. The predicted octanol–water partition coefficient (Wildman–Crippen LogP) is 4.46. The first-order chi connectivity index (χ1) is 16.0. The van der Waals surface area contributed by atoms with Crippen LogP contribution in [0.4, 0.5) is 4.39 Å². The molecule has 1 aliphatic carbocycles. The largest absolute Gasteiger partial charge is 0.468 e. The van der Waals surface area contributed by atoms with E-state index in [9.17, 15) is 14.0 Å². The van der Waals surface area contributed by atoms with Crippen molar-refractivity contribution in [2.24, 2.45) is 5.41 Å². The molecule has 5 nitrogen and oxygen atoms in total. The van der Waals surface area contributed by atoms with Gasteiger partial charge >= 0.3 is 11.9 Å². The smallest absolute Gasteiger partial charge is 0.325 e. The Bertz CT molecular complexity index is 1080. The van der Waals surface area contributed by atoms with E-state index in [-0.39, 0.29) is 6.42 Å². The van der Waals surface area contributed by atoms with E-state index >= 15 is 0 Å². The van der Waals surface area contributed by atoms with Crippen LogP contribution in [0.1, 0.15) is 28.3 Å². The zero-order chi connectivity index (χ0) is 23.4. The van der Waals surface area contributed by atoms with Gasteiger partial charge in [-0.25, -0.2) is 4.39 Å². The number of nitrogens with zero attached hydrogens (tertiary/aromatic N) is 1. The highest BCUT2D eigenvalue weighted by Gasteiger charge is 2.61. The third-order valence-electron chi connectivity index (χ3n) is 6.26. The van der Waals surface area contributed by atoms with Crippen molar-refractivity contribution in [2.45, 2.75) is 25.6 Å². The molecule has 0 spiro atoms. The van der Waals surface area contributed by atoms with Crippen molar-refractivity contribution in [3.63, 3.8) is 0 Å². The van der Waals surface area contributed by atoms with Crippen molar-refractivity contribution in [1.82, 2.24) is 4.90 Å². The molecule has 1 unspecified atom stereocenters. The van der Waals surface area contributed by atoms with Gasteiger partial charge in [-0.1, -0.05) is 66.7 Å². The zero-order valence-electron chi connectivity index (χ0n) is 18.7. The Balaban J connectivity index is 1.89. The molecule has 170 valence electrons. The Kier molecular flexibility index (Phi) is 6.56. The molecule has 0 heterocycles. The van der Waals surface area contributed by atoms with Crippen molar-refractivity contribution < 1.29 is 23.5 Å².